The van der Waals surface area contributed by atoms with Gasteiger partial charge in [0.1, 0.15) is 0 Å². The van der Waals surface area contributed by atoms with E-state index in [-0.39, 0.29) is 6.10 Å². The minimum atomic E-state index is -0.130. The number of nitrogens with zero attached hydrogens (tertiary/aromatic N) is 1. The average Bonchev–Trinajstić information content (AvgIpc) is 2.41. The minimum Gasteiger partial charge on any atom is -0.393 e. The Hall–Kier alpha value is -0.860. The lowest BCUT2D eigenvalue weighted by Gasteiger charge is -2.39. The quantitative estimate of drug-likeness (QED) is 0.886. The van der Waals surface area contributed by atoms with E-state index < -0.39 is 0 Å². The van der Waals surface area contributed by atoms with Crippen molar-refractivity contribution >= 4 is 0 Å². The zero-order chi connectivity index (χ0) is 13.1. The Morgan fingerprint density at radius 3 is 2.50 bits per heavy atom. The zero-order valence-electron chi connectivity index (χ0n) is 11.7. The van der Waals surface area contributed by atoms with Crippen molar-refractivity contribution < 1.29 is 5.11 Å². The van der Waals surface area contributed by atoms with Crippen molar-refractivity contribution in [3.8, 4) is 0 Å². The summed E-state index contributed by atoms with van der Waals surface area (Å²) in [4.78, 5) is 2.42. The molecule has 1 aromatic carbocycles. The first kappa shape index (κ1) is 13.6. The SMILES string of the molecule is CC1CCC(N(C)C(C)c2ccccc2)CC1O. The van der Waals surface area contributed by atoms with Gasteiger partial charge < -0.3 is 5.11 Å². The van der Waals surface area contributed by atoms with Crippen LogP contribution in [0.3, 0.4) is 0 Å². The highest BCUT2D eigenvalue weighted by Gasteiger charge is 2.30. The Labute approximate surface area is 111 Å². The molecule has 0 radical (unpaired) electrons. The molecule has 1 N–H and O–H groups in total. The van der Waals surface area contributed by atoms with Crippen LogP contribution in [0.1, 0.15) is 44.7 Å². The van der Waals surface area contributed by atoms with Gasteiger partial charge in [0.25, 0.3) is 0 Å². The molecule has 0 aromatic heterocycles. The summed E-state index contributed by atoms with van der Waals surface area (Å²) in [6.07, 6.45) is 3.12. The van der Waals surface area contributed by atoms with Crippen molar-refractivity contribution in [2.75, 3.05) is 7.05 Å². The summed E-state index contributed by atoms with van der Waals surface area (Å²) < 4.78 is 0. The first-order valence-electron chi connectivity index (χ1n) is 7.04. The average molecular weight is 247 g/mol. The maximum Gasteiger partial charge on any atom is 0.0580 e. The number of rotatable bonds is 3. The van der Waals surface area contributed by atoms with Crippen LogP contribution in [0, 0.1) is 5.92 Å². The van der Waals surface area contributed by atoms with Crippen molar-refractivity contribution in [3.05, 3.63) is 35.9 Å². The molecule has 4 atom stereocenters. The van der Waals surface area contributed by atoms with Crippen LogP contribution in [0.25, 0.3) is 0 Å². The summed E-state index contributed by atoms with van der Waals surface area (Å²) in [6.45, 7) is 4.40. The van der Waals surface area contributed by atoms with E-state index in [1.807, 2.05) is 0 Å². The highest BCUT2D eigenvalue weighted by molar-refractivity contribution is 5.18. The van der Waals surface area contributed by atoms with Crippen LogP contribution in [0.15, 0.2) is 30.3 Å². The summed E-state index contributed by atoms with van der Waals surface area (Å²) >= 11 is 0. The number of aliphatic hydroxyl groups excluding tert-OH is 1. The summed E-state index contributed by atoms with van der Waals surface area (Å²) in [7, 11) is 2.19. The third-order valence-electron chi connectivity index (χ3n) is 4.59. The summed E-state index contributed by atoms with van der Waals surface area (Å²) in [5.74, 6) is 0.460. The molecule has 1 aliphatic rings. The largest absolute Gasteiger partial charge is 0.393 e. The predicted octanol–water partition coefficient (Wildman–Crippen LogP) is 3.23. The molecule has 1 saturated carbocycles. The molecule has 100 valence electrons. The van der Waals surface area contributed by atoms with Crippen LogP contribution in [-0.4, -0.2) is 29.2 Å². The van der Waals surface area contributed by atoms with Crippen LogP contribution < -0.4 is 0 Å². The minimum absolute atomic E-state index is 0.130. The van der Waals surface area contributed by atoms with E-state index in [0.717, 1.165) is 12.8 Å². The van der Waals surface area contributed by atoms with Crippen molar-refractivity contribution in [1.29, 1.82) is 0 Å². The third-order valence-corrected chi connectivity index (χ3v) is 4.59. The van der Waals surface area contributed by atoms with E-state index in [1.165, 1.54) is 12.0 Å². The molecule has 1 aromatic rings. The monoisotopic (exact) mass is 247 g/mol. The lowest BCUT2D eigenvalue weighted by atomic mass is 9.83. The second-order valence-corrected chi connectivity index (χ2v) is 5.76. The number of benzene rings is 1. The molecule has 2 heteroatoms. The van der Waals surface area contributed by atoms with E-state index in [0.29, 0.717) is 18.0 Å². The van der Waals surface area contributed by atoms with Gasteiger partial charge in [0.15, 0.2) is 0 Å². The Morgan fingerprint density at radius 1 is 1.22 bits per heavy atom. The Bertz CT molecular complexity index is 365. The molecular weight excluding hydrogens is 222 g/mol. The Morgan fingerprint density at radius 2 is 1.89 bits per heavy atom. The molecule has 2 rings (SSSR count). The van der Waals surface area contributed by atoms with Gasteiger partial charge in [-0.3, -0.25) is 4.90 Å². The van der Waals surface area contributed by atoms with Gasteiger partial charge in [0, 0.05) is 12.1 Å². The van der Waals surface area contributed by atoms with Crippen LogP contribution in [-0.2, 0) is 0 Å². The smallest absolute Gasteiger partial charge is 0.0580 e. The fraction of sp³-hybridized carbons (Fsp3) is 0.625. The molecule has 0 heterocycles. The van der Waals surface area contributed by atoms with Crippen molar-refractivity contribution in [3.63, 3.8) is 0 Å². The van der Waals surface area contributed by atoms with Gasteiger partial charge in [0.2, 0.25) is 0 Å². The fourth-order valence-electron chi connectivity index (χ4n) is 2.93. The summed E-state index contributed by atoms with van der Waals surface area (Å²) in [5.41, 5.74) is 1.35. The number of hydrogen-bond donors (Lipinski definition) is 1. The standard InChI is InChI=1S/C16H25NO/c1-12-9-10-15(11-16(12)18)17(3)13(2)14-7-5-4-6-8-14/h4-8,12-13,15-16,18H,9-11H2,1-3H3. The molecule has 1 fully saturated rings. The topological polar surface area (TPSA) is 23.5 Å². The van der Waals surface area contributed by atoms with Crippen LogP contribution in [0.4, 0.5) is 0 Å². The summed E-state index contributed by atoms with van der Waals surface area (Å²) in [5, 5.41) is 10.0. The zero-order valence-corrected chi connectivity index (χ0v) is 11.7. The maximum absolute atomic E-state index is 10.0. The molecule has 1 aliphatic carbocycles. The second kappa shape index (κ2) is 5.85. The second-order valence-electron chi connectivity index (χ2n) is 5.76. The molecule has 0 saturated heterocycles. The van der Waals surface area contributed by atoms with E-state index in [1.54, 1.807) is 0 Å². The molecule has 0 aliphatic heterocycles. The molecule has 18 heavy (non-hydrogen) atoms. The van der Waals surface area contributed by atoms with Gasteiger partial charge in [-0.05, 0) is 44.7 Å². The molecule has 2 nitrogen and oxygen atoms in total. The maximum atomic E-state index is 10.0. The lowest BCUT2D eigenvalue weighted by Crippen LogP contribution is -2.41. The highest BCUT2D eigenvalue weighted by Crippen LogP contribution is 2.31. The van der Waals surface area contributed by atoms with Crippen molar-refractivity contribution in [2.45, 2.75) is 51.3 Å². The van der Waals surface area contributed by atoms with Gasteiger partial charge in [-0.2, -0.15) is 0 Å². The molecule has 0 bridgehead atoms. The summed E-state index contributed by atoms with van der Waals surface area (Å²) in [6, 6.07) is 11.5. The van der Waals surface area contributed by atoms with E-state index in [2.05, 4.69) is 56.1 Å². The van der Waals surface area contributed by atoms with Gasteiger partial charge in [-0.25, -0.2) is 0 Å². The first-order valence-corrected chi connectivity index (χ1v) is 7.04. The number of aliphatic hydroxyl groups is 1. The van der Waals surface area contributed by atoms with Gasteiger partial charge >= 0.3 is 0 Å². The molecule has 4 unspecified atom stereocenters. The van der Waals surface area contributed by atoms with E-state index in [4.69, 9.17) is 0 Å². The normalized spacial score (nSPS) is 30.4. The lowest BCUT2D eigenvalue weighted by molar-refractivity contribution is 0.0230. The van der Waals surface area contributed by atoms with E-state index in [9.17, 15) is 5.11 Å². The highest BCUT2D eigenvalue weighted by atomic mass is 16.3. The van der Waals surface area contributed by atoms with Crippen LogP contribution in [0.2, 0.25) is 0 Å². The van der Waals surface area contributed by atoms with Gasteiger partial charge in [-0.15, -0.1) is 0 Å². The molecular formula is C16H25NO. The molecule has 0 amide bonds. The van der Waals surface area contributed by atoms with Crippen LogP contribution in [0.5, 0.6) is 0 Å². The van der Waals surface area contributed by atoms with Crippen molar-refractivity contribution in [1.82, 2.24) is 4.90 Å². The predicted molar refractivity (Wildman–Crippen MR) is 75.4 cm³/mol. The van der Waals surface area contributed by atoms with E-state index >= 15 is 0 Å². The van der Waals surface area contributed by atoms with Crippen molar-refractivity contribution in [2.24, 2.45) is 5.92 Å². The fourth-order valence-corrected chi connectivity index (χ4v) is 2.93. The van der Waals surface area contributed by atoms with Gasteiger partial charge in [0.05, 0.1) is 6.10 Å². The molecule has 0 spiro atoms. The Kier molecular flexibility index (Phi) is 4.41. The van der Waals surface area contributed by atoms with Crippen LogP contribution >= 0.6 is 0 Å². The third kappa shape index (κ3) is 2.93. The van der Waals surface area contributed by atoms with Gasteiger partial charge in [-0.1, -0.05) is 37.3 Å². The Balaban J connectivity index is 2.01. The number of hydrogen-bond acceptors (Lipinski definition) is 2. The first-order chi connectivity index (χ1) is 8.59.